The zero-order valence-electron chi connectivity index (χ0n) is 16.3. The predicted molar refractivity (Wildman–Crippen MR) is 118 cm³/mol. The summed E-state index contributed by atoms with van der Waals surface area (Å²) in [5.74, 6) is 0.569. The van der Waals surface area contributed by atoms with Gasteiger partial charge in [0.25, 0.3) is 0 Å². The first kappa shape index (κ1) is 20.8. The Balaban J connectivity index is 1.74. The molecule has 4 rings (SSSR count). The van der Waals surface area contributed by atoms with E-state index >= 15 is 0 Å². The van der Waals surface area contributed by atoms with Crippen molar-refractivity contribution in [3.05, 3.63) is 70.8 Å². The van der Waals surface area contributed by atoms with E-state index in [2.05, 4.69) is 26.3 Å². The Morgan fingerprint density at radius 3 is 2.84 bits per heavy atom. The van der Waals surface area contributed by atoms with Crippen molar-refractivity contribution in [2.24, 2.45) is 10.2 Å². The van der Waals surface area contributed by atoms with Crippen LogP contribution in [0.25, 0.3) is 20.7 Å². The van der Waals surface area contributed by atoms with Crippen LogP contribution in [0, 0.1) is 17.1 Å². The van der Waals surface area contributed by atoms with E-state index in [0.29, 0.717) is 34.0 Å². The predicted octanol–water partition coefficient (Wildman–Crippen LogP) is 6.71. The molecule has 0 aliphatic heterocycles. The molecule has 2 aromatic heterocycles. The third kappa shape index (κ3) is 4.24. The van der Waals surface area contributed by atoms with Crippen LogP contribution in [-0.2, 0) is 6.54 Å². The zero-order valence-corrected chi connectivity index (χ0v) is 17.9. The highest BCUT2D eigenvalue weighted by Crippen LogP contribution is 2.43. The number of nitriles is 1. The van der Waals surface area contributed by atoms with Crippen molar-refractivity contribution < 1.29 is 9.13 Å². The molecule has 6 nitrogen and oxygen atoms in total. The van der Waals surface area contributed by atoms with Gasteiger partial charge in [-0.05, 0) is 36.8 Å². The van der Waals surface area contributed by atoms with E-state index in [0.717, 1.165) is 16.0 Å². The van der Waals surface area contributed by atoms with Crippen LogP contribution in [-0.4, -0.2) is 16.6 Å². The van der Waals surface area contributed by atoms with Crippen LogP contribution >= 0.6 is 22.9 Å². The third-order valence-electron chi connectivity index (χ3n) is 4.40. The van der Waals surface area contributed by atoms with E-state index in [9.17, 15) is 9.65 Å². The van der Waals surface area contributed by atoms with E-state index in [4.69, 9.17) is 16.3 Å². The Bertz CT molecular complexity index is 1330. The summed E-state index contributed by atoms with van der Waals surface area (Å²) in [4.78, 5) is 9.26. The Labute approximate surface area is 186 Å². The minimum atomic E-state index is -0.484. The van der Waals surface area contributed by atoms with Crippen LogP contribution in [0.5, 0.6) is 5.75 Å². The number of azo groups is 1. The van der Waals surface area contributed by atoms with Gasteiger partial charge in [-0.15, -0.1) is 16.5 Å². The summed E-state index contributed by atoms with van der Waals surface area (Å²) in [5, 5.41) is 18.2. The molecule has 0 aliphatic carbocycles. The molecular weight excluding hydrogens is 437 g/mol. The topological polar surface area (TPSA) is 83.5 Å². The summed E-state index contributed by atoms with van der Waals surface area (Å²) in [5.41, 5.74) is 2.49. The van der Waals surface area contributed by atoms with Gasteiger partial charge in [-0.25, -0.2) is 14.4 Å². The molecular formula is C22H15ClFN5OS. The number of aromatic nitrogens is 2. The lowest BCUT2D eigenvalue weighted by Crippen LogP contribution is -1.93. The minimum Gasteiger partial charge on any atom is -0.493 e. The zero-order chi connectivity index (χ0) is 21.8. The molecule has 0 spiro atoms. The maximum Gasteiger partial charge on any atom is 0.195 e. The first-order chi connectivity index (χ1) is 15.1. The molecule has 2 aromatic carbocycles. The second kappa shape index (κ2) is 9.16. The molecule has 0 amide bonds. The highest BCUT2D eigenvalue weighted by atomic mass is 35.5. The van der Waals surface area contributed by atoms with Crippen molar-refractivity contribution in [2.75, 3.05) is 6.61 Å². The first-order valence-corrected chi connectivity index (χ1v) is 10.5. The average molecular weight is 452 g/mol. The van der Waals surface area contributed by atoms with Gasteiger partial charge < -0.3 is 4.74 Å². The number of halogens is 2. The molecule has 4 aromatic rings. The third-order valence-corrected chi connectivity index (χ3v) is 5.90. The van der Waals surface area contributed by atoms with Crippen molar-refractivity contribution in [2.45, 2.75) is 13.5 Å². The number of nitrogens with zero attached hydrogens (tertiary/aromatic N) is 5. The summed E-state index contributed by atoms with van der Waals surface area (Å²) < 4.78 is 19.7. The van der Waals surface area contributed by atoms with Gasteiger partial charge in [0.15, 0.2) is 5.82 Å². The summed E-state index contributed by atoms with van der Waals surface area (Å²) >= 11 is 7.18. The molecule has 0 fully saturated rings. The number of hydrogen-bond acceptors (Lipinski definition) is 7. The van der Waals surface area contributed by atoms with Crippen LogP contribution in [0.15, 0.2) is 59.0 Å². The van der Waals surface area contributed by atoms with Crippen molar-refractivity contribution in [1.82, 2.24) is 9.97 Å². The molecule has 31 heavy (non-hydrogen) atoms. The van der Waals surface area contributed by atoms with Gasteiger partial charge in [0.2, 0.25) is 0 Å². The SMILES string of the molecule is CCOc1ccccc1-c1sc2c(N=NCc3ccc(F)c(Cl)c3)ncnc2c1C#N. The minimum absolute atomic E-state index is 0.0339. The smallest absolute Gasteiger partial charge is 0.195 e. The van der Waals surface area contributed by atoms with Crippen LogP contribution in [0.4, 0.5) is 10.2 Å². The summed E-state index contributed by atoms with van der Waals surface area (Å²) in [6.07, 6.45) is 1.36. The Morgan fingerprint density at radius 2 is 2.06 bits per heavy atom. The standard InChI is InChI=1S/C22H15ClFN5OS/c1-2-30-18-6-4-3-5-14(18)20-15(10-25)19-21(31-20)22(27-12-26-19)29-28-11-13-7-8-17(24)16(23)9-13/h3-9,12H,2,11H2,1H3. The fourth-order valence-corrected chi connectivity index (χ4v) is 4.39. The van der Waals surface area contributed by atoms with Gasteiger partial charge in [-0.3, -0.25) is 0 Å². The summed E-state index contributed by atoms with van der Waals surface area (Å²) in [6.45, 7) is 2.63. The first-order valence-electron chi connectivity index (χ1n) is 9.33. The molecule has 0 atom stereocenters. The molecule has 9 heteroatoms. The van der Waals surface area contributed by atoms with Crippen molar-refractivity contribution in [3.8, 4) is 22.3 Å². The van der Waals surface area contributed by atoms with Gasteiger partial charge >= 0.3 is 0 Å². The quantitative estimate of drug-likeness (QED) is 0.305. The highest BCUT2D eigenvalue weighted by Gasteiger charge is 2.20. The van der Waals surface area contributed by atoms with Gasteiger partial charge in [0.1, 0.15) is 34.2 Å². The lowest BCUT2D eigenvalue weighted by molar-refractivity contribution is 0.341. The molecule has 0 saturated carbocycles. The van der Waals surface area contributed by atoms with Gasteiger partial charge in [-0.2, -0.15) is 10.4 Å². The second-order valence-electron chi connectivity index (χ2n) is 6.37. The molecule has 0 aliphatic rings. The average Bonchev–Trinajstić information content (AvgIpc) is 3.16. The lowest BCUT2D eigenvalue weighted by atomic mass is 10.1. The number of hydrogen-bond donors (Lipinski definition) is 0. The number of fused-ring (bicyclic) bond motifs is 1. The van der Waals surface area contributed by atoms with E-state index in [1.54, 1.807) is 6.07 Å². The van der Waals surface area contributed by atoms with E-state index in [1.165, 1.54) is 29.8 Å². The summed E-state index contributed by atoms with van der Waals surface area (Å²) in [7, 11) is 0. The van der Waals surface area contributed by atoms with Crippen molar-refractivity contribution >= 4 is 39.0 Å². The number of benzene rings is 2. The maximum absolute atomic E-state index is 13.3. The molecule has 0 N–H and O–H groups in total. The van der Waals surface area contributed by atoms with Gasteiger partial charge in [-0.1, -0.05) is 29.8 Å². The van der Waals surface area contributed by atoms with Crippen LogP contribution < -0.4 is 4.74 Å². The second-order valence-corrected chi connectivity index (χ2v) is 7.80. The normalized spacial score (nSPS) is 11.2. The Kier molecular flexibility index (Phi) is 6.16. The van der Waals surface area contributed by atoms with E-state index in [-0.39, 0.29) is 11.6 Å². The van der Waals surface area contributed by atoms with Crippen LogP contribution in [0.3, 0.4) is 0 Å². The molecule has 0 saturated heterocycles. The molecule has 0 radical (unpaired) electrons. The number of rotatable bonds is 6. The highest BCUT2D eigenvalue weighted by molar-refractivity contribution is 7.23. The van der Waals surface area contributed by atoms with E-state index < -0.39 is 5.82 Å². The van der Waals surface area contributed by atoms with E-state index in [1.807, 2.05) is 31.2 Å². The van der Waals surface area contributed by atoms with Crippen molar-refractivity contribution in [3.63, 3.8) is 0 Å². The molecule has 154 valence electrons. The monoisotopic (exact) mass is 451 g/mol. The molecule has 0 bridgehead atoms. The summed E-state index contributed by atoms with van der Waals surface area (Å²) in [6, 6.07) is 14.2. The maximum atomic E-state index is 13.3. The number of para-hydroxylation sites is 1. The van der Waals surface area contributed by atoms with Crippen molar-refractivity contribution in [1.29, 1.82) is 5.26 Å². The Morgan fingerprint density at radius 1 is 1.23 bits per heavy atom. The number of ether oxygens (including phenoxy) is 1. The number of thiophene rings is 1. The van der Waals surface area contributed by atoms with Crippen LogP contribution in [0.1, 0.15) is 18.1 Å². The largest absolute Gasteiger partial charge is 0.493 e. The van der Waals surface area contributed by atoms with Gasteiger partial charge in [0.05, 0.1) is 28.6 Å². The fourth-order valence-electron chi connectivity index (χ4n) is 3.02. The molecule has 2 heterocycles. The fraction of sp³-hybridized carbons (Fsp3) is 0.136. The van der Waals surface area contributed by atoms with Gasteiger partial charge in [0, 0.05) is 5.56 Å². The van der Waals surface area contributed by atoms with Crippen LogP contribution in [0.2, 0.25) is 5.02 Å². The Hall–Kier alpha value is -3.41. The molecule has 0 unspecified atom stereocenters. The lowest BCUT2D eigenvalue weighted by Gasteiger charge is -2.08.